The zero-order valence-electron chi connectivity index (χ0n) is 14.0. The molecule has 1 aromatic heterocycles. The predicted octanol–water partition coefficient (Wildman–Crippen LogP) is 2.87. The summed E-state index contributed by atoms with van der Waals surface area (Å²) in [5.41, 5.74) is 2.32. The van der Waals surface area contributed by atoms with Crippen LogP contribution < -0.4 is 10.0 Å². The average molecular weight is 387 g/mol. The van der Waals surface area contributed by atoms with Crippen molar-refractivity contribution in [1.29, 1.82) is 0 Å². The van der Waals surface area contributed by atoms with Crippen molar-refractivity contribution in [3.63, 3.8) is 0 Å². The van der Waals surface area contributed by atoms with Gasteiger partial charge in [-0.3, -0.25) is 4.79 Å². The molecule has 134 valence electrons. The summed E-state index contributed by atoms with van der Waals surface area (Å²) in [6, 6.07) is 12.6. The summed E-state index contributed by atoms with van der Waals surface area (Å²) in [5, 5.41) is 3.64. The summed E-state index contributed by atoms with van der Waals surface area (Å²) in [6.45, 7) is 2.03. The summed E-state index contributed by atoms with van der Waals surface area (Å²) in [7, 11) is -3.64. The number of nitrogens with zero attached hydrogens (tertiary/aromatic N) is 1. The van der Waals surface area contributed by atoms with Crippen molar-refractivity contribution in [2.45, 2.75) is 24.2 Å². The van der Waals surface area contributed by atoms with Crippen LogP contribution in [0.25, 0.3) is 10.2 Å². The molecule has 6 nitrogen and oxygen atoms in total. The number of hydrogen-bond donors (Lipinski definition) is 2. The third-order valence-electron chi connectivity index (χ3n) is 4.42. The third-order valence-corrected chi connectivity index (χ3v) is 6.97. The Morgan fingerprint density at radius 3 is 2.85 bits per heavy atom. The van der Waals surface area contributed by atoms with Crippen molar-refractivity contribution < 1.29 is 13.2 Å². The molecule has 0 saturated carbocycles. The minimum Gasteiger partial charge on any atom is -0.325 e. The monoisotopic (exact) mass is 387 g/mol. The molecule has 26 heavy (non-hydrogen) atoms. The molecule has 2 heterocycles. The molecule has 4 rings (SSSR count). The molecular formula is C18H17N3O3S2. The van der Waals surface area contributed by atoms with Gasteiger partial charge in [0.15, 0.2) is 0 Å². The Hall–Kier alpha value is -2.29. The van der Waals surface area contributed by atoms with E-state index in [0.29, 0.717) is 17.7 Å². The minimum absolute atomic E-state index is 0.113. The van der Waals surface area contributed by atoms with Crippen LogP contribution in [-0.2, 0) is 21.2 Å². The summed E-state index contributed by atoms with van der Waals surface area (Å²) in [5.74, 6) is -0.457. The van der Waals surface area contributed by atoms with E-state index < -0.39 is 10.0 Å². The summed E-state index contributed by atoms with van der Waals surface area (Å²) in [4.78, 5) is 16.4. The lowest BCUT2D eigenvalue weighted by Gasteiger charge is -2.08. The van der Waals surface area contributed by atoms with Crippen molar-refractivity contribution in [3.8, 4) is 0 Å². The first kappa shape index (κ1) is 17.1. The number of thiazole rings is 1. The first-order valence-electron chi connectivity index (χ1n) is 8.23. The summed E-state index contributed by atoms with van der Waals surface area (Å²) >= 11 is 1.57. The SMILES string of the molecule is C[C@H]1C(=O)Nc2ccc(S(=O)(=O)NCCc3nc4ccccc4s3)cc21. The van der Waals surface area contributed by atoms with Gasteiger partial charge in [0, 0.05) is 18.7 Å². The van der Waals surface area contributed by atoms with E-state index in [1.807, 2.05) is 24.3 Å². The molecule has 0 radical (unpaired) electrons. The standard InChI is InChI=1S/C18H17N3O3S2/c1-11-13-10-12(6-7-14(13)21-18(11)22)26(23,24)19-9-8-17-20-15-4-2-3-5-16(15)25-17/h2-7,10-11,19H,8-9H2,1H3,(H,21,22)/t11-/m1/s1. The smallest absolute Gasteiger partial charge is 0.240 e. The number of carbonyl (C=O) groups excluding carboxylic acids is 1. The van der Waals surface area contributed by atoms with Gasteiger partial charge >= 0.3 is 0 Å². The fourth-order valence-corrected chi connectivity index (χ4v) is 5.00. The third kappa shape index (κ3) is 3.11. The number of aromatic nitrogens is 1. The largest absolute Gasteiger partial charge is 0.325 e. The van der Waals surface area contributed by atoms with Crippen LogP contribution in [0.15, 0.2) is 47.4 Å². The fraction of sp³-hybridized carbons (Fsp3) is 0.222. The highest BCUT2D eigenvalue weighted by atomic mass is 32.2. The van der Waals surface area contributed by atoms with Gasteiger partial charge < -0.3 is 5.32 Å². The lowest BCUT2D eigenvalue weighted by Crippen LogP contribution is -2.26. The van der Waals surface area contributed by atoms with Crippen molar-refractivity contribution >= 4 is 43.2 Å². The van der Waals surface area contributed by atoms with E-state index in [1.165, 1.54) is 6.07 Å². The van der Waals surface area contributed by atoms with Crippen LogP contribution in [0.4, 0.5) is 5.69 Å². The molecule has 0 aliphatic carbocycles. The lowest BCUT2D eigenvalue weighted by atomic mass is 10.0. The van der Waals surface area contributed by atoms with Crippen LogP contribution in [0.1, 0.15) is 23.4 Å². The van der Waals surface area contributed by atoms with E-state index in [4.69, 9.17) is 0 Å². The number of fused-ring (bicyclic) bond motifs is 2. The van der Waals surface area contributed by atoms with Gasteiger partial charge in [0.25, 0.3) is 0 Å². The van der Waals surface area contributed by atoms with Crippen molar-refractivity contribution in [1.82, 2.24) is 9.71 Å². The van der Waals surface area contributed by atoms with E-state index >= 15 is 0 Å². The molecule has 1 aliphatic rings. The highest BCUT2D eigenvalue weighted by molar-refractivity contribution is 7.89. The van der Waals surface area contributed by atoms with Gasteiger partial charge in [0.2, 0.25) is 15.9 Å². The molecule has 0 bridgehead atoms. The maximum absolute atomic E-state index is 12.5. The number of rotatable bonds is 5. The van der Waals surface area contributed by atoms with Crippen LogP contribution in [-0.4, -0.2) is 25.9 Å². The van der Waals surface area contributed by atoms with E-state index in [0.717, 1.165) is 15.2 Å². The van der Waals surface area contributed by atoms with Gasteiger partial charge in [-0.05, 0) is 42.8 Å². The second-order valence-corrected chi connectivity index (χ2v) is 9.07. The molecule has 0 spiro atoms. The summed E-state index contributed by atoms with van der Waals surface area (Å²) in [6.07, 6.45) is 0.528. The normalized spacial score (nSPS) is 16.7. The highest BCUT2D eigenvalue weighted by Gasteiger charge is 2.28. The molecule has 3 aromatic rings. The maximum Gasteiger partial charge on any atom is 0.240 e. The number of nitrogens with one attached hydrogen (secondary N) is 2. The summed E-state index contributed by atoms with van der Waals surface area (Å²) < 4.78 is 28.8. The second kappa shape index (κ2) is 6.46. The van der Waals surface area contributed by atoms with Crippen LogP contribution in [0.5, 0.6) is 0 Å². The van der Waals surface area contributed by atoms with Gasteiger partial charge in [-0.15, -0.1) is 11.3 Å². The van der Waals surface area contributed by atoms with Crippen LogP contribution in [0.3, 0.4) is 0 Å². The topological polar surface area (TPSA) is 88.2 Å². The first-order chi connectivity index (χ1) is 12.4. The predicted molar refractivity (Wildman–Crippen MR) is 102 cm³/mol. The molecule has 1 amide bonds. The van der Waals surface area contributed by atoms with Crippen LogP contribution >= 0.6 is 11.3 Å². The van der Waals surface area contributed by atoms with Gasteiger partial charge in [0.1, 0.15) is 0 Å². The van der Waals surface area contributed by atoms with Crippen LogP contribution in [0.2, 0.25) is 0 Å². The van der Waals surface area contributed by atoms with Crippen LogP contribution in [0, 0.1) is 0 Å². The zero-order chi connectivity index (χ0) is 18.3. The number of amides is 1. The van der Waals surface area contributed by atoms with Crippen molar-refractivity contribution in [2.75, 3.05) is 11.9 Å². The Morgan fingerprint density at radius 1 is 1.23 bits per heavy atom. The fourth-order valence-electron chi connectivity index (χ4n) is 2.96. The van der Waals surface area contributed by atoms with E-state index in [9.17, 15) is 13.2 Å². The average Bonchev–Trinajstić information content (AvgIpc) is 3.15. The van der Waals surface area contributed by atoms with E-state index in [2.05, 4.69) is 15.0 Å². The Kier molecular flexibility index (Phi) is 4.26. The number of anilines is 1. The van der Waals surface area contributed by atoms with Gasteiger partial charge in [0.05, 0.1) is 26.0 Å². The quantitative estimate of drug-likeness (QED) is 0.705. The molecule has 8 heteroatoms. The Bertz CT molecular complexity index is 1070. The van der Waals surface area contributed by atoms with Gasteiger partial charge in [-0.2, -0.15) is 0 Å². The lowest BCUT2D eigenvalue weighted by molar-refractivity contribution is -0.116. The molecule has 2 aromatic carbocycles. The Balaban J connectivity index is 1.47. The van der Waals surface area contributed by atoms with Crippen molar-refractivity contribution in [3.05, 3.63) is 53.0 Å². The van der Waals surface area contributed by atoms with E-state index in [1.54, 1.807) is 30.4 Å². The number of benzene rings is 2. The molecule has 0 saturated heterocycles. The Morgan fingerprint density at radius 2 is 2.04 bits per heavy atom. The Labute approximate surface area is 155 Å². The zero-order valence-corrected chi connectivity index (χ0v) is 15.7. The number of hydrogen-bond acceptors (Lipinski definition) is 5. The molecular weight excluding hydrogens is 370 g/mol. The highest BCUT2D eigenvalue weighted by Crippen LogP contribution is 2.33. The van der Waals surface area contributed by atoms with Crippen molar-refractivity contribution in [2.24, 2.45) is 0 Å². The first-order valence-corrected chi connectivity index (χ1v) is 10.5. The van der Waals surface area contributed by atoms with Gasteiger partial charge in [-0.1, -0.05) is 12.1 Å². The number of carbonyl (C=O) groups is 1. The number of para-hydroxylation sites is 1. The molecule has 0 unspecified atom stereocenters. The molecule has 2 N–H and O–H groups in total. The van der Waals surface area contributed by atoms with E-state index in [-0.39, 0.29) is 23.3 Å². The molecule has 0 fully saturated rings. The molecule has 1 atom stereocenters. The molecule has 1 aliphatic heterocycles. The maximum atomic E-state index is 12.5. The number of sulfonamides is 1. The van der Waals surface area contributed by atoms with Gasteiger partial charge in [-0.25, -0.2) is 18.1 Å². The minimum atomic E-state index is -3.64. The second-order valence-electron chi connectivity index (χ2n) is 6.18.